The number of pyridine rings is 1. The van der Waals surface area contributed by atoms with E-state index in [9.17, 15) is 8.42 Å². The smallest absolute Gasteiger partial charge is 0.192 e. The monoisotopic (exact) mass is 255 g/mol. The van der Waals surface area contributed by atoms with Crippen LogP contribution in [0.4, 0.5) is 5.69 Å². The normalized spacial score (nSPS) is 12.0. The predicted molar refractivity (Wildman–Crippen MR) is 68.5 cm³/mol. The molecule has 94 valence electrons. The minimum Gasteiger partial charge on any atom is -0.366 e. The van der Waals surface area contributed by atoms with Gasteiger partial charge in [0, 0.05) is 19.8 Å². The molecule has 5 nitrogen and oxygen atoms in total. The lowest BCUT2D eigenvalue weighted by atomic mass is 10.3. The number of rotatable bonds is 4. The molecule has 0 aliphatic carbocycles. The highest BCUT2D eigenvalue weighted by molar-refractivity contribution is 7.90. The van der Waals surface area contributed by atoms with Gasteiger partial charge in [0.25, 0.3) is 0 Å². The SMILES string of the molecule is CCN(C)/C=N/c1ccc(S(C)(=O)=O)nc1C. The molecule has 0 amide bonds. The molecule has 17 heavy (non-hydrogen) atoms. The molecule has 6 heteroatoms. The zero-order chi connectivity index (χ0) is 13.1. The van der Waals surface area contributed by atoms with Crippen LogP contribution >= 0.6 is 0 Å². The lowest BCUT2D eigenvalue weighted by Crippen LogP contribution is -2.14. The average molecular weight is 255 g/mol. The molecule has 0 aliphatic heterocycles. The first-order valence-electron chi connectivity index (χ1n) is 5.26. The average Bonchev–Trinajstić information content (AvgIpc) is 2.25. The highest BCUT2D eigenvalue weighted by atomic mass is 32.2. The van der Waals surface area contributed by atoms with Gasteiger partial charge in [0.05, 0.1) is 17.7 Å². The van der Waals surface area contributed by atoms with Crippen LogP contribution in [0.25, 0.3) is 0 Å². The van der Waals surface area contributed by atoms with Gasteiger partial charge in [-0.3, -0.25) is 0 Å². The highest BCUT2D eigenvalue weighted by Crippen LogP contribution is 2.18. The molecule has 1 aromatic heterocycles. The first-order chi connectivity index (χ1) is 7.84. The quantitative estimate of drug-likeness (QED) is 0.602. The van der Waals surface area contributed by atoms with Gasteiger partial charge in [0.15, 0.2) is 14.9 Å². The van der Waals surface area contributed by atoms with E-state index in [1.54, 1.807) is 19.3 Å². The molecule has 0 unspecified atom stereocenters. The maximum Gasteiger partial charge on any atom is 0.192 e. The number of hydrogen-bond acceptors (Lipinski definition) is 4. The second-order valence-corrected chi connectivity index (χ2v) is 5.81. The van der Waals surface area contributed by atoms with E-state index in [-0.39, 0.29) is 5.03 Å². The third kappa shape index (κ3) is 3.81. The molecule has 1 aromatic rings. The molecule has 0 aliphatic rings. The summed E-state index contributed by atoms with van der Waals surface area (Å²) in [6.07, 6.45) is 2.84. The summed E-state index contributed by atoms with van der Waals surface area (Å²) in [7, 11) is -1.34. The fourth-order valence-corrected chi connectivity index (χ4v) is 1.73. The van der Waals surface area contributed by atoms with Crippen LogP contribution in [0.15, 0.2) is 22.2 Å². The minimum atomic E-state index is -3.25. The number of aromatic nitrogens is 1. The number of hydrogen-bond donors (Lipinski definition) is 0. The summed E-state index contributed by atoms with van der Waals surface area (Å²) in [5.74, 6) is 0. The van der Waals surface area contributed by atoms with E-state index in [1.807, 2.05) is 18.9 Å². The van der Waals surface area contributed by atoms with Gasteiger partial charge in [-0.2, -0.15) is 0 Å². The van der Waals surface area contributed by atoms with Crippen molar-refractivity contribution in [1.82, 2.24) is 9.88 Å². The van der Waals surface area contributed by atoms with Crippen molar-refractivity contribution in [3.63, 3.8) is 0 Å². The van der Waals surface area contributed by atoms with Gasteiger partial charge >= 0.3 is 0 Å². The van der Waals surface area contributed by atoms with E-state index in [2.05, 4.69) is 9.98 Å². The summed E-state index contributed by atoms with van der Waals surface area (Å²) in [6, 6.07) is 3.14. The topological polar surface area (TPSA) is 62.6 Å². The molecule has 0 fully saturated rings. The summed E-state index contributed by atoms with van der Waals surface area (Å²) in [5, 5.41) is 0.0813. The predicted octanol–water partition coefficient (Wildman–Crippen LogP) is 1.41. The molecular weight excluding hydrogens is 238 g/mol. The molecular formula is C11H17N3O2S. The van der Waals surface area contributed by atoms with Crippen molar-refractivity contribution in [2.45, 2.75) is 18.9 Å². The van der Waals surface area contributed by atoms with Gasteiger partial charge in [-0.1, -0.05) is 0 Å². The summed E-state index contributed by atoms with van der Waals surface area (Å²) in [4.78, 5) is 10.2. The lowest BCUT2D eigenvalue weighted by Gasteiger charge is -2.08. The van der Waals surface area contributed by atoms with Crippen LogP contribution in [-0.2, 0) is 9.84 Å². The van der Waals surface area contributed by atoms with Crippen molar-refractivity contribution in [3.8, 4) is 0 Å². The van der Waals surface area contributed by atoms with Crippen molar-refractivity contribution in [1.29, 1.82) is 0 Å². The molecule has 1 heterocycles. The van der Waals surface area contributed by atoms with Crippen LogP contribution in [0.2, 0.25) is 0 Å². The molecule has 0 saturated heterocycles. The van der Waals surface area contributed by atoms with E-state index in [0.29, 0.717) is 11.4 Å². The van der Waals surface area contributed by atoms with Gasteiger partial charge in [-0.25, -0.2) is 18.4 Å². The Labute approximate surface area is 102 Å². The second kappa shape index (κ2) is 5.27. The van der Waals surface area contributed by atoms with Gasteiger partial charge in [-0.15, -0.1) is 0 Å². The van der Waals surface area contributed by atoms with E-state index < -0.39 is 9.84 Å². The number of aliphatic imine (C=N–C) groups is 1. The van der Waals surface area contributed by atoms with Crippen LogP contribution in [0, 0.1) is 6.92 Å². The third-order valence-electron chi connectivity index (χ3n) is 2.31. The Morgan fingerprint density at radius 3 is 2.59 bits per heavy atom. The number of sulfone groups is 1. The first-order valence-corrected chi connectivity index (χ1v) is 7.16. The van der Waals surface area contributed by atoms with Crippen LogP contribution in [-0.4, -0.2) is 44.5 Å². The van der Waals surface area contributed by atoms with Crippen LogP contribution < -0.4 is 0 Å². The Morgan fingerprint density at radius 1 is 1.47 bits per heavy atom. The van der Waals surface area contributed by atoms with Crippen LogP contribution in [0.5, 0.6) is 0 Å². The maximum atomic E-state index is 11.3. The minimum absolute atomic E-state index is 0.0813. The van der Waals surface area contributed by atoms with Crippen molar-refractivity contribution < 1.29 is 8.42 Å². The largest absolute Gasteiger partial charge is 0.366 e. The summed E-state index contributed by atoms with van der Waals surface area (Å²) >= 11 is 0. The zero-order valence-electron chi connectivity index (χ0n) is 10.5. The number of nitrogens with zero attached hydrogens (tertiary/aromatic N) is 3. The van der Waals surface area contributed by atoms with Gasteiger partial charge in [-0.05, 0) is 26.0 Å². The Balaban J connectivity index is 3.03. The molecule has 1 rings (SSSR count). The highest BCUT2D eigenvalue weighted by Gasteiger charge is 2.10. The molecule has 0 radical (unpaired) electrons. The Bertz CT molecular complexity index is 524. The Hall–Kier alpha value is -1.43. The third-order valence-corrected chi connectivity index (χ3v) is 3.29. The van der Waals surface area contributed by atoms with Crippen molar-refractivity contribution in [2.24, 2.45) is 4.99 Å². The molecule has 0 aromatic carbocycles. The van der Waals surface area contributed by atoms with E-state index in [1.165, 1.54) is 6.07 Å². The van der Waals surface area contributed by atoms with E-state index >= 15 is 0 Å². The standard InChI is InChI=1S/C11H17N3O2S/c1-5-14(3)8-12-10-6-7-11(13-9(10)2)17(4,15)16/h6-8H,5H2,1-4H3/b12-8+. The second-order valence-electron chi connectivity index (χ2n) is 3.84. The maximum absolute atomic E-state index is 11.3. The van der Waals surface area contributed by atoms with Gasteiger partial charge in [0.1, 0.15) is 0 Å². The molecule has 0 N–H and O–H groups in total. The summed E-state index contributed by atoms with van der Waals surface area (Å²) in [5.41, 5.74) is 1.28. The Morgan fingerprint density at radius 2 is 2.12 bits per heavy atom. The molecule has 0 spiro atoms. The first kappa shape index (κ1) is 13.6. The van der Waals surface area contributed by atoms with Crippen molar-refractivity contribution in [3.05, 3.63) is 17.8 Å². The molecule has 0 bridgehead atoms. The fraction of sp³-hybridized carbons (Fsp3) is 0.455. The van der Waals surface area contributed by atoms with Gasteiger partial charge < -0.3 is 4.90 Å². The molecule has 0 atom stereocenters. The fourth-order valence-electron chi connectivity index (χ4n) is 1.12. The Kier molecular flexibility index (Phi) is 4.22. The number of aryl methyl sites for hydroxylation is 1. The van der Waals surface area contributed by atoms with Crippen LogP contribution in [0.3, 0.4) is 0 Å². The molecule has 0 saturated carbocycles. The summed E-state index contributed by atoms with van der Waals surface area (Å²) in [6.45, 7) is 4.62. The summed E-state index contributed by atoms with van der Waals surface area (Å²) < 4.78 is 22.6. The van der Waals surface area contributed by atoms with Crippen LogP contribution in [0.1, 0.15) is 12.6 Å². The van der Waals surface area contributed by atoms with Crippen molar-refractivity contribution >= 4 is 21.9 Å². The van der Waals surface area contributed by atoms with Gasteiger partial charge in [0.2, 0.25) is 0 Å². The zero-order valence-corrected chi connectivity index (χ0v) is 11.3. The lowest BCUT2D eigenvalue weighted by molar-refractivity contribution is 0.552. The van der Waals surface area contributed by atoms with E-state index in [4.69, 9.17) is 0 Å². The van der Waals surface area contributed by atoms with E-state index in [0.717, 1.165) is 12.8 Å². The van der Waals surface area contributed by atoms with Crippen molar-refractivity contribution in [2.75, 3.05) is 19.8 Å².